The fraction of sp³-hybridized carbons (Fsp3) is 0.533. The summed E-state index contributed by atoms with van der Waals surface area (Å²) in [4.78, 5) is 11.1. The first-order valence-electron chi connectivity index (χ1n) is 6.71. The first-order chi connectivity index (χ1) is 8.98. The maximum atomic E-state index is 11.1. The number of ether oxygens (including phenoxy) is 1. The van der Waals surface area contributed by atoms with Crippen molar-refractivity contribution in [2.45, 2.75) is 38.8 Å². The lowest BCUT2D eigenvalue weighted by molar-refractivity contribution is -0.114. The van der Waals surface area contributed by atoms with E-state index in [9.17, 15) is 4.79 Å². The van der Waals surface area contributed by atoms with E-state index in [2.05, 4.69) is 30.5 Å². The van der Waals surface area contributed by atoms with Gasteiger partial charge in [0.15, 0.2) is 0 Å². The molecule has 1 heterocycles. The minimum atomic E-state index is -0.0473. The molecule has 0 spiro atoms. The molecule has 1 saturated heterocycles. The normalized spacial score (nSPS) is 24.2. The number of amides is 1. The summed E-state index contributed by atoms with van der Waals surface area (Å²) in [6.45, 7) is 7.42. The Bertz CT molecular complexity index is 453. The maximum Gasteiger partial charge on any atom is 0.221 e. The van der Waals surface area contributed by atoms with E-state index in [1.54, 1.807) is 0 Å². The zero-order valence-electron chi connectivity index (χ0n) is 11.8. The first-order valence-corrected chi connectivity index (χ1v) is 6.71. The van der Waals surface area contributed by atoms with Gasteiger partial charge in [0.2, 0.25) is 5.91 Å². The van der Waals surface area contributed by atoms with Crippen molar-refractivity contribution in [1.82, 2.24) is 5.32 Å². The van der Waals surface area contributed by atoms with E-state index in [0.717, 1.165) is 25.3 Å². The monoisotopic (exact) mass is 262 g/mol. The molecule has 19 heavy (non-hydrogen) atoms. The number of hydrogen-bond donors (Lipinski definition) is 2. The topological polar surface area (TPSA) is 50.4 Å². The lowest BCUT2D eigenvalue weighted by Gasteiger charge is -2.28. The van der Waals surface area contributed by atoms with Crippen LogP contribution in [0.2, 0.25) is 0 Å². The number of nitrogens with one attached hydrogen (secondary N) is 2. The van der Waals surface area contributed by atoms with Crippen molar-refractivity contribution < 1.29 is 9.53 Å². The molecule has 104 valence electrons. The number of hydrogen-bond acceptors (Lipinski definition) is 3. The number of rotatable bonds is 4. The third-order valence-electron chi connectivity index (χ3n) is 3.49. The van der Waals surface area contributed by atoms with E-state index in [1.165, 1.54) is 12.5 Å². The minimum Gasteiger partial charge on any atom is -0.379 e. The number of carbonyl (C=O) groups excluding carboxylic acids is 1. The highest BCUT2D eigenvalue weighted by atomic mass is 16.5. The van der Waals surface area contributed by atoms with Gasteiger partial charge in [0.25, 0.3) is 0 Å². The number of carbonyl (C=O) groups is 1. The van der Waals surface area contributed by atoms with Gasteiger partial charge >= 0.3 is 0 Å². The number of benzene rings is 1. The smallest absolute Gasteiger partial charge is 0.221 e. The molecule has 0 aromatic heterocycles. The largest absolute Gasteiger partial charge is 0.379 e. The van der Waals surface area contributed by atoms with Crippen LogP contribution in [0.5, 0.6) is 0 Å². The van der Waals surface area contributed by atoms with Gasteiger partial charge in [0.05, 0.1) is 6.61 Å². The molecular weight excluding hydrogens is 240 g/mol. The molecule has 2 N–H and O–H groups in total. The summed E-state index contributed by atoms with van der Waals surface area (Å²) in [7, 11) is 0. The summed E-state index contributed by atoms with van der Waals surface area (Å²) in [6, 6.07) is 8.17. The Balaban J connectivity index is 2.06. The predicted molar refractivity (Wildman–Crippen MR) is 76.1 cm³/mol. The van der Waals surface area contributed by atoms with E-state index in [1.807, 2.05) is 18.2 Å². The molecule has 0 bridgehead atoms. The fourth-order valence-corrected chi connectivity index (χ4v) is 2.48. The first kappa shape index (κ1) is 14.0. The van der Waals surface area contributed by atoms with E-state index in [0.29, 0.717) is 0 Å². The second kappa shape index (κ2) is 5.72. The van der Waals surface area contributed by atoms with Crippen LogP contribution in [0, 0.1) is 0 Å². The second-order valence-corrected chi connectivity index (χ2v) is 5.54. The van der Waals surface area contributed by atoms with Crippen molar-refractivity contribution in [1.29, 1.82) is 0 Å². The van der Waals surface area contributed by atoms with Gasteiger partial charge in [0, 0.05) is 30.8 Å². The minimum absolute atomic E-state index is 0.0451. The summed E-state index contributed by atoms with van der Waals surface area (Å²) in [5.74, 6) is -0.0473. The zero-order chi connectivity index (χ0) is 13.9. The molecule has 2 rings (SSSR count). The molecule has 1 fully saturated rings. The van der Waals surface area contributed by atoms with Crippen molar-refractivity contribution in [3.8, 4) is 0 Å². The Morgan fingerprint density at radius 2 is 2.26 bits per heavy atom. The van der Waals surface area contributed by atoms with Crippen LogP contribution >= 0.6 is 0 Å². The van der Waals surface area contributed by atoms with Crippen molar-refractivity contribution in [2.75, 3.05) is 18.5 Å². The van der Waals surface area contributed by atoms with Crippen LogP contribution in [0.4, 0.5) is 5.69 Å². The Morgan fingerprint density at radius 3 is 2.89 bits per heavy atom. The molecule has 1 aromatic rings. The molecule has 1 amide bonds. The predicted octanol–water partition coefficient (Wildman–Crippen LogP) is 2.47. The zero-order valence-corrected chi connectivity index (χ0v) is 11.8. The Morgan fingerprint density at radius 1 is 1.47 bits per heavy atom. The molecule has 1 aromatic carbocycles. The quantitative estimate of drug-likeness (QED) is 0.876. The van der Waals surface area contributed by atoms with Gasteiger partial charge in [-0.15, -0.1) is 0 Å². The van der Waals surface area contributed by atoms with E-state index >= 15 is 0 Å². The second-order valence-electron chi connectivity index (χ2n) is 5.54. The standard InChI is InChI=1S/C15H22N2O2/c1-11(17-15(3)7-8-19-10-15)13-5-4-6-14(9-13)16-12(2)18/h4-6,9,11,17H,7-8,10H2,1-3H3,(H,16,18)/t11-,15-/m0/s1. The third kappa shape index (κ3) is 3.78. The van der Waals surface area contributed by atoms with E-state index < -0.39 is 0 Å². The van der Waals surface area contributed by atoms with Crippen LogP contribution in [-0.4, -0.2) is 24.7 Å². The summed E-state index contributed by atoms with van der Waals surface area (Å²) >= 11 is 0. The molecule has 0 unspecified atom stereocenters. The highest BCUT2D eigenvalue weighted by Crippen LogP contribution is 2.24. The Hall–Kier alpha value is -1.39. The van der Waals surface area contributed by atoms with Crippen LogP contribution in [0.15, 0.2) is 24.3 Å². The summed E-state index contributed by atoms with van der Waals surface area (Å²) < 4.78 is 5.45. The van der Waals surface area contributed by atoms with E-state index in [-0.39, 0.29) is 17.5 Å². The van der Waals surface area contributed by atoms with Gasteiger partial charge in [-0.1, -0.05) is 12.1 Å². The van der Waals surface area contributed by atoms with Crippen LogP contribution in [0.3, 0.4) is 0 Å². The molecule has 0 saturated carbocycles. The summed E-state index contributed by atoms with van der Waals surface area (Å²) in [5, 5.41) is 6.43. The van der Waals surface area contributed by atoms with Gasteiger partial charge in [-0.05, 0) is 38.0 Å². The van der Waals surface area contributed by atoms with Crippen LogP contribution in [0.1, 0.15) is 38.8 Å². The van der Waals surface area contributed by atoms with Gasteiger partial charge in [-0.2, -0.15) is 0 Å². The van der Waals surface area contributed by atoms with E-state index in [4.69, 9.17) is 4.74 Å². The average molecular weight is 262 g/mol. The third-order valence-corrected chi connectivity index (χ3v) is 3.49. The highest BCUT2D eigenvalue weighted by Gasteiger charge is 2.30. The molecule has 0 aliphatic carbocycles. The van der Waals surface area contributed by atoms with Gasteiger partial charge in [-0.3, -0.25) is 4.79 Å². The number of anilines is 1. The van der Waals surface area contributed by atoms with Crippen LogP contribution in [0.25, 0.3) is 0 Å². The summed E-state index contributed by atoms with van der Waals surface area (Å²) in [6.07, 6.45) is 1.03. The van der Waals surface area contributed by atoms with Crippen molar-refractivity contribution in [3.63, 3.8) is 0 Å². The van der Waals surface area contributed by atoms with Crippen molar-refractivity contribution in [2.24, 2.45) is 0 Å². The summed E-state index contributed by atoms with van der Waals surface area (Å²) in [5.41, 5.74) is 2.05. The Kier molecular flexibility index (Phi) is 4.22. The average Bonchev–Trinajstić information content (AvgIpc) is 2.75. The lowest BCUT2D eigenvalue weighted by atomic mass is 9.98. The van der Waals surface area contributed by atoms with Crippen LogP contribution < -0.4 is 10.6 Å². The SMILES string of the molecule is CC(=O)Nc1cccc([C@H](C)N[C@@]2(C)CCOC2)c1. The van der Waals surface area contributed by atoms with Gasteiger partial charge in [-0.25, -0.2) is 0 Å². The van der Waals surface area contributed by atoms with Gasteiger partial charge < -0.3 is 15.4 Å². The highest BCUT2D eigenvalue weighted by molar-refractivity contribution is 5.88. The molecule has 4 nitrogen and oxygen atoms in total. The van der Waals surface area contributed by atoms with Crippen LogP contribution in [-0.2, 0) is 9.53 Å². The molecule has 0 radical (unpaired) electrons. The maximum absolute atomic E-state index is 11.1. The molecule has 1 aliphatic heterocycles. The molecule has 1 aliphatic rings. The van der Waals surface area contributed by atoms with Gasteiger partial charge in [0.1, 0.15) is 0 Å². The lowest BCUT2D eigenvalue weighted by Crippen LogP contribution is -2.44. The fourth-order valence-electron chi connectivity index (χ4n) is 2.48. The Labute approximate surface area is 114 Å². The van der Waals surface area contributed by atoms with Crippen molar-refractivity contribution in [3.05, 3.63) is 29.8 Å². The molecular formula is C15H22N2O2. The molecule has 2 atom stereocenters. The molecule has 4 heteroatoms. The van der Waals surface area contributed by atoms with Crippen molar-refractivity contribution >= 4 is 11.6 Å².